The number of ether oxygens (including phenoxy) is 6. The molecule has 356 valence electrons. The molecule has 0 radical (unpaired) electrons. The molecule has 2 amide bonds. The number of benzene rings is 4. The molecule has 4 aromatic rings. The van der Waals surface area contributed by atoms with E-state index in [0.717, 1.165) is 60.4 Å². The first-order chi connectivity index (χ1) is 32.7. The number of carbonyl (C=O) groups excluding carboxylic acids is 2. The predicted molar refractivity (Wildman–Crippen MR) is 255 cm³/mol. The second-order valence-corrected chi connectivity index (χ2v) is 17.7. The summed E-state index contributed by atoms with van der Waals surface area (Å²) in [5, 5.41) is 29.7. The molecule has 7 atom stereocenters. The molecular weight excluding hydrogens is 855 g/mol. The Balaban J connectivity index is 1.27. The third-order valence-electron chi connectivity index (χ3n) is 13.7. The van der Waals surface area contributed by atoms with Crippen molar-refractivity contribution in [3.63, 3.8) is 0 Å². The van der Waals surface area contributed by atoms with E-state index in [4.69, 9.17) is 38.4 Å². The van der Waals surface area contributed by atoms with Gasteiger partial charge in [0.25, 0.3) is 5.91 Å². The molecule has 0 spiro atoms. The first-order valence-electron chi connectivity index (χ1n) is 23.5. The number of aliphatic hydroxyl groups excluding tert-OH is 2. The summed E-state index contributed by atoms with van der Waals surface area (Å²) in [5.74, 6) is -0.810. The molecule has 14 heteroatoms. The number of nitrogens with zero attached hydrogens (tertiary/aromatic N) is 2. The van der Waals surface area contributed by atoms with Crippen molar-refractivity contribution in [2.24, 2.45) is 22.9 Å². The Labute approximate surface area is 392 Å². The largest absolute Gasteiger partial charge is 0.497 e. The van der Waals surface area contributed by atoms with E-state index in [1.54, 1.807) is 55.5 Å². The normalized spacial score (nSPS) is 24.6. The first kappa shape index (κ1) is 47.6. The lowest BCUT2D eigenvalue weighted by molar-refractivity contribution is -0.252. The van der Waals surface area contributed by atoms with Crippen molar-refractivity contribution in [1.82, 2.24) is 4.90 Å². The van der Waals surface area contributed by atoms with Crippen LogP contribution < -0.4 is 24.3 Å². The Bertz CT molecular complexity index is 2450. The number of amides is 2. The van der Waals surface area contributed by atoms with Crippen molar-refractivity contribution in [3.05, 3.63) is 114 Å². The van der Waals surface area contributed by atoms with E-state index in [1.165, 1.54) is 7.11 Å². The van der Waals surface area contributed by atoms with Crippen LogP contribution in [0.25, 0.3) is 10.8 Å². The number of unbranched alkanes of at least 4 members (excludes halogenated alkanes) is 2. The standard InChI is InChI=1S/C53H63N3O11/c1-5-27-64-53-47(56(2)51(59)37-20-19-34-14-6-7-15-35(34)29-37)33-44(55-67-48-18-10-13-28-63-48)41-30-36(16-8-11-25-57)40(17-9-12-26-58)49(50(41)53)42-31-39(22-24-45(42)66-53)65-52(60)54-43-23-21-38(61-3)32-46(43)62-4/h5-7,14-15,19-24,29-32,36,40,47-50,57-58H,1,8-13,16-18,25-28,33H2,2-4H3,(H,54,60)/t36-,40+,47-,48?,49+,50+,53+/m0/s1. The average Bonchev–Trinajstić information content (AvgIpc) is 3.36. The highest BCUT2D eigenvalue weighted by atomic mass is 16.8. The molecule has 0 bridgehead atoms. The third kappa shape index (κ3) is 10.2. The Kier molecular flexibility index (Phi) is 15.5. The van der Waals surface area contributed by atoms with Gasteiger partial charge in [0.05, 0.1) is 44.8 Å². The Morgan fingerprint density at radius 2 is 1.72 bits per heavy atom. The van der Waals surface area contributed by atoms with Crippen LogP contribution in [0.2, 0.25) is 0 Å². The van der Waals surface area contributed by atoms with Gasteiger partial charge < -0.3 is 48.4 Å². The summed E-state index contributed by atoms with van der Waals surface area (Å²) in [7, 11) is 4.85. The minimum Gasteiger partial charge on any atom is -0.497 e. The monoisotopic (exact) mass is 917 g/mol. The number of nitrogens with one attached hydrogen (secondary N) is 1. The SMILES string of the molecule is C=CCO[C@@]12Oc3ccc(OC(=O)Nc4ccc(OC)cc4OC)cc3[C@H]3[C@H](CCCCO)[C@@H](CCCCO)C=C(C(=NOC4CCCCO4)C[C@@H]1N(C)C(=O)c1ccc4ccccc4c1)[C@H]32. The molecule has 2 aliphatic carbocycles. The third-order valence-corrected chi connectivity index (χ3v) is 13.7. The number of hydrogen-bond donors (Lipinski definition) is 3. The fraction of sp³-hybridized carbons (Fsp3) is 0.453. The summed E-state index contributed by atoms with van der Waals surface area (Å²) >= 11 is 0. The number of hydrogen-bond acceptors (Lipinski definition) is 12. The number of aliphatic hydroxyl groups is 2. The molecule has 1 saturated heterocycles. The molecule has 67 heavy (non-hydrogen) atoms. The highest BCUT2D eigenvalue weighted by molar-refractivity contribution is 6.04. The minimum absolute atomic E-state index is 0.00426. The molecule has 2 aliphatic heterocycles. The van der Waals surface area contributed by atoms with Gasteiger partial charge in [0, 0.05) is 56.2 Å². The van der Waals surface area contributed by atoms with E-state index in [0.29, 0.717) is 60.1 Å². The van der Waals surface area contributed by atoms with Crippen LogP contribution in [0, 0.1) is 17.8 Å². The molecule has 3 N–H and O–H groups in total. The molecular formula is C53H63N3O11. The average molecular weight is 918 g/mol. The quantitative estimate of drug-likeness (QED) is 0.0466. The van der Waals surface area contributed by atoms with Crippen molar-refractivity contribution in [3.8, 4) is 23.0 Å². The summed E-state index contributed by atoms with van der Waals surface area (Å²) < 4.78 is 37.3. The van der Waals surface area contributed by atoms with Crippen molar-refractivity contribution < 1.29 is 53.1 Å². The Morgan fingerprint density at radius 3 is 2.46 bits per heavy atom. The molecule has 0 aromatic heterocycles. The molecule has 4 aliphatic rings. The fourth-order valence-corrected chi connectivity index (χ4v) is 10.5. The van der Waals surface area contributed by atoms with Gasteiger partial charge in [-0.05, 0) is 109 Å². The lowest BCUT2D eigenvalue weighted by atomic mass is 9.55. The molecule has 4 aromatic carbocycles. The number of oxime groups is 1. The second-order valence-electron chi connectivity index (χ2n) is 17.7. The van der Waals surface area contributed by atoms with E-state index in [9.17, 15) is 19.8 Å². The van der Waals surface area contributed by atoms with Crippen LogP contribution in [-0.2, 0) is 14.3 Å². The zero-order chi connectivity index (χ0) is 46.9. The number of likely N-dealkylation sites (N-methyl/N-ethyl adjacent to an activating group) is 1. The molecule has 1 saturated carbocycles. The van der Waals surface area contributed by atoms with Crippen LogP contribution in [0.4, 0.5) is 10.5 Å². The number of methoxy groups -OCH3 is 2. The van der Waals surface area contributed by atoms with Crippen LogP contribution >= 0.6 is 0 Å². The number of anilines is 1. The number of carbonyl (C=O) groups is 2. The highest BCUT2D eigenvalue weighted by Gasteiger charge is 2.65. The minimum atomic E-state index is -1.46. The lowest BCUT2D eigenvalue weighted by Crippen LogP contribution is -2.69. The van der Waals surface area contributed by atoms with Crippen LogP contribution in [0.3, 0.4) is 0 Å². The van der Waals surface area contributed by atoms with E-state index in [2.05, 4.69) is 18.0 Å². The Morgan fingerprint density at radius 1 is 0.925 bits per heavy atom. The molecule has 1 unspecified atom stereocenters. The van der Waals surface area contributed by atoms with Crippen LogP contribution in [0.1, 0.15) is 86.0 Å². The molecule has 2 fully saturated rings. The summed E-state index contributed by atoms with van der Waals surface area (Å²) in [6.07, 6.45) is 9.88. The zero-order valence-electron chi connectivity index (χ0n) is 38.7. The molecule has 14 nitrogen and oxygen atoms in total. The van der Waals surface area contributed by atoms with E-state index >= 15 is 0 Å². The van der Waals surface area contributed by atoms with Crippen LogP contribution in [0.5, 0.6) is 23.0 Å². The first-order valence-corrected chi connectivity index (χ1v) is 23.5. The topological polar surface area (TPSA) is 167 Å². The van der Waals surface area contributed by atoms with E-state index in [1.807, 2.05) is 48.5 Å². The lowest BCUT2D eigenvalue weighted by Gasteiger charge is -2.59. The van der Waals surface area contributed by atoms with Gasteiger partial charge in [-0.1, -0.05) is 60.5 Å². The van der Waals surface area contributed by atoms with Gasteiger partial charge in [-0.25, -0.2) is 4.79 Å². The number of allylic oxidation sites excluding steroid dienone is 1. The fourth-order valence-electron chi connectivity index (χ4n) is 10.5. The summed E-state index contributed by atoms with van der Waals surface area (Å²) in [6, 6.07) is 23.4. The summed E-state index contributed by atoms with van der Waals surface area (Å²) in [6.45, 7) is 4.86. The number of fused-ring (bicyclic) bond motifs is 3. The van der Waals surface area contributed by atoms with Gasteiger partial charge in [-0.15, -0.1) is 6.58 Å². The van der Waals surface area contributed by atoms with E-state index < -0.39 is 30.1 Å². The van der Waals surface area contributed by atoms with Crippen molar-refractivity contribution >= 4 is 34.2 Å². The number of rotatable bonds is 19. The molecule has 8 rings (SSSR count). The van der Waals surface area contributed by atoms with Gasteiger partial charge >= 0.3 is 6.09 Å². The second kappa shape index (κ2) is 21.8. The van der Waals surface area contributed by atoms with Gasteiger partial charge in [-0.2, -0.15) is 0 Å². The van der Waals surface area contributed by atoms with E-state index in [-0.39, 0.29) is 55.7 Å². The van der Waals surface area contributed by atoms with Crippen molar-refractivity contribution in [2.45, 2.75) is 88.2 Å². The summed E-state index contributed by atoms with van der Waals surface area (Å²) in [5.41, 5.74) is 3.28. The maximum absolute atomic E-state index is 14.9. The smallest absolute Gasteiger partial charge is 0.417 e. The van der Waals surface area contributed by atoms with Crippen molar-refractivity contribution in [1.29, 1.82) is 0 Å². The zero-order valence-corrected chi connectivity index (χ0v) is 38.7. The highest BCUT2D eigenvalue weighted by Crippen LogP contribution is 2.62. The van der Waals surface area contributed by atoms with Crippen molar-refractivity contribution in [2.75, 3.05) is 53.0 Å². The Hall–Kier alpha value is -5.93. The van der Waals surface area contributed by atoms with Crippen LogP contribution in [-0.4, -0.2) is 98.6 Å². The maximum Gasteiger partial charge on any atom is 0.417 e. The molecule has 2 heterocycles. The maximum atomic E-state index is 14.9. The van der Waals surface area contributed by atoms with Gasteiger partial charge in [0.15, 0.2) is 0 Å². The predicted octanol–water partition coefficient (Wildman–Crippen LogP) is 9.40. The van der Waals surface area contributed by atoms with Gasteiger partial charge in [-0.3, -0.25) is 10.1 Å². The van der Waals surface area contributed by atoms with Gasteiger partial charge in [0.2, 0.25) is 12.1 Å². The summed E-state index contributed by atoms with van der Waals surface area (Å²) in [4.78, 5) is 36.6. The van der Waals surface area contributed by atoms with Crippen LogP contribution in [0.15, 0.2) is 108 Å². The van der Waals surface area contributed by atoms with Gasteiger partial charge in [0.1, 0.15) is 29.0 Å².